The van der Waals surface area contributed by atoms with Crippen molar-refractivity contribution in [3.63, 3.8) is 0 Å². The second-order valence-electron chi connectivity index (χ2n) is 9.96. The summed E-state index contributed by atoms with van der Waals surface area (Å²) in [4.78, 5) is 30.1. The number of halogens is 3. The van der Waals surface area contributed by atoms with E-state index in [9.17, 15) is 23.2 Å². The summed E-state index contributed by atoms with van der Waals surface area (Å²) in [5.74, 6) is 0.00632. The molecule has 0 N–H and O–H groups in total. The molecule has 40 heavy (non-hydrogen) atoms. The standard InChI is InChI=1S/C29H28F3N7O/c1-4-21-16-38(28-25-24(37(3)29(40)36-28)13-12-20(14-33)34-25)17(2)15-39(21)26(18-8-10-19(30)11-9-18)22-6-5-7-23(35-22)27(31)32/h5-13,17,21,26-27H,4,15-16H2,1-3H3/t17?,21-,26?/m1/s1. The highest BCUT2D eigenvalue weighted by Crippen LogP contribution is 2.36. The Morgan fingerprint density at radius 3 is 2.42 bits per heavy atom. The predicted octanol–water partition coefficient (Wildman–Crippen LogP) is 4.75. The van der Waals surface area contributed by atoms with E-state index in [0.717, 1.165) is 5.56 Å². The molecule has 5 rings (SSSR count). The van der Waals surface area contributed by atoms with Gasteiger partial charge in [-0.25, -0.2) is 27.9 Å². The number of hydrogen-bond donors (Lipinski definition) is 0. The van der Waals surface area contributed by atoms with Crippen LogP contribution in [0.4, 0.5) is 19.0 Å². The van der Waals surface area contributed by atoms with Gasteiger partial charge in [-0.2, -0.15) is 10.2 Å². The number of fused-ring (bicyclic) bond motifs is 1. The number of nitrogens with zero attached hydrogens (tertiary/aromatic N) is 7. The number of anilines is 1. The third kappa shape index (κ3) is 5.02. The van der Waals surface area contributed by atoms with Crippen LogP contribution in [0, 0.1) is 17.1 Å². The van der Waals surface area contributed by atoms with Gasteiger partial charge in [0.25, 0.3) is 6.43 Å². The number of pyridine rings is 2. The van der Waals surface area contributed by atoms with Gasteiger partial charge in [-0.3, -0.25) is 9.47 Å². The maximum absolute atomic E-state index is 13.9. The van der Waals surface area contributed by atoms with E-state index in [1.54, 1.807) is 43.4 Å². The van der Waals surface area contributed by atoms with Crippen LogP contribution in [0.15, 0.2) is 59.4 Å². The summed E-state index contributed by atoms with van der Waals surface area (Å²) < 4.78 is 42.5. The van der Waals surface area contributed by atoms with Gasteiger partial charge in [0.2, 0.25) is 0 Å². The van der Waals surface area contributed by atoms with Gasteiger partial charge in [0.1, 0.15) is 28.8 Å². The van der Waals surface area contributed by atoms with Crippen molar-refractivity contribution in [1.29, 1.82) is 5.26 Å². The van der Waals surface area contributed by atoms with E-state index in [1.165, 1.54) is 22.8 Å². The number of rotatable bonds is 6. The first-order valence-corrected chi connectivity index (χ1v) is 13.0. The first-order valence-electron chi connectivity index (χ1n) is 13.0. The van der Waals surface area contributed by atoms with Gasteiger partial charge in [-0.1, -0.05) is 25.1 Å². The molecule has 0 saturated carbocycles. The molecule has 0 bridgehead atoms. The Bertz CT molecular complexity index is 1630. The van der Waals surface area contributed by atoms with Crippen molar-refractivity contribution in [3.8, 4) is 6.07 Å². The highest BCUT2D eigenvalue weighted by molar-refractivity contribution is 5.86. The van der Waals surface area contributed by atoms with Crippen LogP contribution in [0.25, 0.3) is 11.0 Å². The number of aromatic nitrogens is 4. The first-order chi connectivity index (χ1) is 19.2. The molecule has 1 fully saturated rings. The number of nitriles is 1. The van der Waals surface area contributed by atoms with Crippen molar-refractivity contribution in [2.75, 3.05) is 18.0 Å². The molecule has 0 radical (unpaired) electrons. The molecule has 0 amide bonds. The van der Waals surface area contributed by atoms with E-state index in [4.69, 9.17) is 0 Å². The largest absolute Gasteiger partial charge is 0.349 e. The summed E-state index contributed by atoms with van der Waals surface area (Å²) in [7, 11) is 1.61. The van der Waals surface area contributed by atoms with Crippen molar-refractivity contribution in [3.05, 3.63) is 93.5 Å². The van der Waals surface area contributed by atoms with Gasteiger partial charge in [-0.15, -0.1) is 0 Å². The van der Waals surface area contributed by atoms with Gasteiger partial charge in [-0.05, 0) is 55.3 Å². The van der Waals surface area contributed by atoms with Crippen LogP contribution in [0.1, 0.15) is 55.4 Å². The van der Waals surface area contributed by atoms with E-state index < -0.39 is 24.0 Å². The van der Waals surface area contributed by atoms with Gasteiger partial charge in [0.05, 0.1) is 17.3 Å². The Morgan fingerprint density at radius 2 is 1.75 bits per heavy atom. The SMILES string of the molecule is CC[C@@H]1CN(c2nc(=O)n(C)c3ccc(C#N)nc23)C(C)CN1C(c1ccc(F)cc1)c1cccc(C(F)F)n1. The monoisotopic (exact) mass is 547 g/mol. The zero-order valence-corrected chi connectivity index (χ0v) is 22.3. The molecule has 1 aliphatic rings. The van der Waals surface area contributed by atoms with Crippen molar-refractivity contribution >= 4 is 16.9 Å². The van der Waals surface area contributed by atoms with Crippen LogP contribution >= 0.6 is 0 Å². The first kappa shape index (κ1) is 27.3. The third-order valence-electron chi connectivity index (χ3n) is 7.49. The number of aryl methyl sites for hydroxylation is 1. The minimum Gasteiger partial charge on any atom is -0.349 e. The minimum atomic E-state index is -2.72. The lowest BCUT2D eigenvalue weighted by atomic mass is 9.95. The zero-order valence-electron chi connectivity index (χ0n) is 22.3. The fraction of sp³-hybridized carbons (Fsp3) is 0.345. The zero-order chi connectivity index (χ0) is 28.6. The van der Waals surface area contributed by atoms with Crippen LogP contribution < -0.4 is 10.6 Å². The van der Waals surface area contributed by atoms with E-state index >= 15 is 0 Å². The van der Waals surface area contributed by atoms with Gasteiger partial charge in [0, 0.05) is 32.2 Å². The molecule has 0 aliphatic carbocycles. The number of alkyl halides is 2. The second-order valence-corrected chi connectivity index (χ2v) is 9.96. The smallest absolute Gasteiger partial charge is 0.349 e. The number of hydrogen-bond acceptors (Lipinski definition) is 7. The molecule has 4 aromatic rings. The third-order valence-corrected chi connectivity index (χ3v) is 7.49. The van der Waals surface area contributed by atoms with Crippen LogP contribution in [0.2, 0.25) is 0 Å². The molecule has 1 saturated heterocycles. The van der Waals surface area contributed by atoms with Gasteiger partial charge in [0.15, 0.2) is 5.82 Å². The lowest BCUT2D eigenvalue weighted by Crippen LogP contribution is -2.59. The van der Waals surface area contributed by atoms with E-state index in [2.05, 4.69) is 19.9 Å². The summed E-state index contributed by atoms with van der Waals surface area (Å²) in [5, 5.41) is 9.44. The summed E-state index contributed by atoms with van der Waals surface area (Å²) in [6.07, 6.45) is -2.04. The highest BCUT2D eigenvalue weighted by Gasteiger charge is 2.38. The Balaban J connectivity index is 1.59. The lowest BCUT2D eigenvalue weighted by molar-refractivity contribution is 0.112. The normalized spacial score (nSPS) is 18.7. The molecule has 2 unspecified atom stereocenters. The summed E-state index contributed by atoms with van der Waals surface area (Å²) >= 11 is 0. The van der Waals surface area contributed by atoms with Crippen molar-refractivity contribution in [2.45, 2.75) is 44.8 Å². The van der Waals surface area contributed by atoms with Crippen molar-refractivity contribution in [2.24, 2.45) is 7.05 Å². The Labute approximate surface area is 229 Å². The molecular weight excluding hydrogens is 519 g/mol. The van der Waals surface area contributed by atoms with Crippen LogP contribution in [0.5, 0.6) is 0 Å². The molecule has 0 spiro atoms. The second kappa shape index (κ2) is 11.1. The molecule has 206 valence electrons. The molecule has 3 aromatic heterocycles. The van der Waals surface area contributed by atoms with E-state index in [1.807, 2.05) is 24.8 Å². The summed E-state index contributed by atoms with van der Waals surface area (Å²) in [5.41, 5.74) is 1.66. The van der Waals surface area contributed by atoms with Gasteiger partial charge < -0.3 is 4.90 Å². The van der Waals surface area contributed by atoms with E-state index in [-0.39, 0.29) is 23.5 Å². The number of benzene rings is 1. The number of piperazine rings is 1. The fourth-order valence-electron chi connectivity index (χ4n) is 5.43. The fourth-order valence-corrected chi connectivity index (χ4v) is 5.43. The molecule has 8 nitrogen and oxygen atoms in total. The quantitative estimate of drug-likeness (QED) is 0.344. The predicted molar refractivity (Wildman–Crippen MR) is 145 cm³/mol. The lowest BCUT2D eigenvalue weighted by Gasteiger charge is -2.48. The summed E-state index contributed by atoms with van der Waals surface area (Å²) in [6.45, 7) is 4.94. The highest BCUT2D eigenvalue weighted by atomic mass is 19.3. The molecule has 1 aliphatic heterocycles. The molecule has 11 heteroatoms. The molecule has 1 aromatic carbocycles. The van der Waals surface area contributed by atoms with Crippen molar-refractivity contribution < 1.29 is 13.2 Å². The molecule has 3 atom stereocenters. The maximum Gasteiger partial charge on any atom is 0.349 e. The Kier molecular flexibility index (Phi) is 7.54. The van der Waals surface area contributed by atoms with Crippen LogP contribution in [-0.4, -0.2) is 49.6 Å². The topological polar surface area (TPSA) is 90.9 Å². The maximum atomic E-state index is 13.9. The van der Waals surface area contributed by atoms with Gasteiger partial charge >= 0.3 is 5.69 Å². The van der Waals surface area contributed by atoms with Crippen LogP contribution in [0.3, 0.4) is 0 Å². The average Bonchev–Trinajstić information content (AvgIpc) is 2.96. The molecule has 4 heterocycles. The summed E-state index contributed by atoms with van der Waals surface area (Å²) in [6, 6.07) is 15.1. The van der Waals surface area contributed by atoms with Crippen LogP contribution in [-0.2, 0) is 7.05 Å². The average molecular weight is 548 g/mol. The van der Waals surface area contributed by atoms with E-state index in [0.29, 0.717) is 42.1 Å². The Hall–Kier alpha value is -4.30. The van der Waals surface area contributed by atoms with Crippen molar-refractivity contribution in [1.82, 2.24) is 24.4 Å². The minimum absolute atomic E-state index is 0.108. The molecular formula is C29H28F3N7O. The Morgan fingerprint density at radius 1 is 1.02 bits per heavy atom.